The van der Waals surface area contributed by atoms with Crippen molar-refractivity contribution in [2.45, 2.75) is 77.6 Å². The molecule has 0 N–H and O–H groups in total. The maximum absolute atomic E-state index is 11.4. The van der Waals surface area contributed by atoms with Crippen LogP contribution in [-0.2, 0) is 9.53 Å². The van der Waals surface area contributed by atoms with Crippen molar-refractivity contribution in [3.8, 4) is 11.8 Å². The summed E-state index contributed by atoms with van der Waals surface area (Å²) >= 11 is 3.42. The van der Waals surface area contributed by atoms with Crippen molar-refractivity contribution < 1.29 is 9.53 Å². The molecular formula is C17H29BrO2. The fourth-order valence-corrected chi connectivity index (χ4v) is 2.22. The molecular weight excluding hydrogens is 316 g/mol. The van der Waals surface area contributed by atoms with E-state index in [0.29, 0.717) is 19.4 Å². The molecule has 3 heteroatoms. The standard InChI is InChI=1S/C17H29BrO2/c1-2-3-4-5-6-10-13-16-20-17(19)14-11-8-7-9-12-15-18/h2-5,7-9,11-16H2,1H3. The molecule has 116 valence electrons. The molecule has 0 bridgehead atoms. The third-order valence-corrected chi connectivity index (χ3v) is 3.60. The summed E-state index contributed by atoms with van der Waals surface area (Å²) in [5.41, 5.74) is 0. The van der Waals surface area contributed by atoms with Crippen LogP contribution in [-0.4, -0.2) is 17.9 Å². The van der Waals surface area contributed by atoms with Crippen molar-refractivity contribution in [1.29, 1.82) is 0 Å². The highest BCUT2D eigenvalue weighted by atomic mass is 79.9. The highest BCUT2D eigenvalue weighted by Crippen LogP contribution is 2.07. The normalized spacial score (nSPS) is 9.90. The van der Waals surface area contributed by atoms with Crippen LogP contribution in [0.4, 0.5) is 0 Å². The van der Waals surface area contributed by atoms with Gasteiger partial charge in [-0.05, 0) is 19.3 Å². The molecule has 0 fully saturated rings. The lowest BCUT2D eigenvalue weighted by atomic mass is 10.1. The van der Waals surface area contributed by atoms with E-state index in [4.69, 9.17) is 4.74 Å². The van der Waals surface area contributed by atoms with Gasteiger partial charge in [-0.15, -0.1) is 5.92 Å². The Morgan fingerprint density at radius 2 is 1.65 bits per heavy atom. The number of carbonyl (C=O) groups is 1. The topological polar surface area (TPSA) is 26.3 Å². The van der Waals surface area contributed by atoms with E-state index < -0.39 is 0 Å². The molecule has 0 aromatic carbocycles. The molecule has 0 unspecified atom stereocenters. The van der Waals surface area contributed by atoms with Gasteiger partial charge in [0.2, 0.25) is 0 Å². The molecule has 0 amide bonds. The first-order valence-electron chi connectivity index (χ1n) is 7.98. The minimum Gasteiger partial charge on any atom is -0.465 e. The Morgan fingerprint density at radius 1 is 0.950 bits per heavy atom. The van der Waals surface area contributed by atoms with E-state index in [1.165, 1.54) is 38.5 Å². The number of unbranched alkanes of at least 4 members (excludes halogenated alkanes) is 7. The van der Waals surface area contributed by atoms with Crippen LogP contribution < -0.4 is 0 Å². The fraction of sp³-hybridized carbons (Fsp3) is 0.824. The number of rotatable bonds is 12. The largest absolute Gasteiger partial charge is 0.465 e. The molecule has 0 radical (unpaired) electrons. The van der Waals surface area contributed by atoms with Gasteiger partial charge in [-0.2, -0.15) is 0 Å². The van der Waals surface area contributed by atoms with E-state index >= 15 is 0 Å². The Kier molecular flexibility index (Phi) is 16.2. The van der Waals surface area contributed by atoms with Crippen molar-refractivity contribution in [3.63, 3.8) is 0 Å². The Bertz CT molecular complexity index is 278. The summed E-state index contributed by atoms with van der Waals surface area (Å²) in [7, 11) is 0. The lowest BCUT2D eigenvalue weighted by Gasteiger charge is -2.02. The second kappa shape index (κ2) is 16.6. The van der Waals surface area contributed by atoms with Crippen molar-refractivity contribution in [2.75, 3.05) is 11.9 Å². The van der Waals surface area contributed by atoms with Gasteiger partial charge in [-0.1, -0.05) is 60.9 Å². The molecule has 0 aromatic heterocycles. The van der Waals surface area contributed by atoms with E-state index in [1.54, 1.807) is 0 Å². The summed E-state index contributed by atoms with van der Waals surface area (Å²) in [5, 5.41) is 1.08. The van der Waals surface area contributed by atoms with E-state index in [1.807, 2.05) is 0 Å². The molecule has 0 aliphatic rings. The Morgan fingerprint density at radius 3 is 2.40 bits per heavy atom. The predicted molar refractivity (Wildman–Crippen MR) is 89.0 cm³/mol. The van der Waals surface area contributed by atoms with Crippen molar-refractivity contribution in [1.82, 2.24) is 0 Å². The molecule has 0 saturated carbocycles. The average molecular weight is 345 g/mol. The molecule has 0 aromatic rings. The van der Waals surface area contributed by atoms with Gasteiger partial charge in [0.05, 0.1) is 0 Å². The number of esters is 1. The van der Waals surface area contributed by atoms with Crippen molar-refractivity contribution >= 4 is 21.9 Å². The number of hydrogen-bond donors (Lipinski definition) is 0. The summed E-state index contributed by atoms with van der Waals surface area (Å²) in [4.78, 5) is 11.4. The minimum atomic E-state index is -0.0710. The van der Waals surface area contributed by atoms with Crippen LogP contribution >= 0.6 is 15.9 Å². The number of hydrogen-bond acceptors (Lipinski definition) is 2. The summed E-state index contributed by atoms with van der Waals surface area (Å²) in [6, 6.07) is 0. The molecule has 0 atom stereocenters. The Labute approximate surface area is 133 Å². The average Bonchev–Trinajstić information content (AvgIpc) is 2.45. The van der Waals surface area contributed by atoms with Gasteiger partial charge in [-0.3, -0.25) is 4.79 Å². The van der Waals surface area contributed by atoms with Crippen LogP contribution in [0.3, 0.4) is 0 Å². The lowest BCUT2D eigenvalue weighted by Crippen LogP contribution is -2.05. The highest BCUT2D eigenvalue weighted by molar-refractivity contribution is 9.09. The van der Waals surface area contributed by atoms with E-state index in [2.05, 4.69) is 34.7 Å². The van der Waals surface area contributed by atoms with E-state index in [-0.39, 0.29) is 5.97 Å². The summed E-state index contributed by atoms with van der Waals surface area (Å²) in [6.07, 6.45) is 11.6. The second-order valence-electron chi connectivity index (χ2n) is 4.99. The highest BCUT2D eigenvalue weighted by Gasteiger charge is 2.01. The third kappa shape index (κ3) is 15.6. The number of carbonyl (C=O) groups excluding carboxylic acids is 1. The fourth-order valence-electron chi connectivity index (χ4n) is 1.82. The molecule has 0 spiro atoms. The van der Waals surface area contributed by atoms with Gasteiger partial charge < -0.3 is 4.74 Å². The van der Waals surface area contributed by atoms with Crippen LogP contribution in [0.5, 0.6) is 0 Å². The van der Waals surface area contributed by atoms with Gasteiger partial charge >= 0.3 is 5.97 Å². The zero-order chi connectivity index (χ0) is 14.9. The zero-order valence-corrected chi connectivity index (χ0v) is 14.5. The zero-order valence-electron chi connectivity index (χ0n) is 12.9. The Hall–Kier alpha value is -0.490. The molecule has 0 heterocycles. The molecule has 0 aliphatic heterocycles. The number of alkyl halides is 1. The third-order valence-electron chi connectivity index (χ3n) is 3.03. The van der Waals surface area contributed by atoms with Crippen molar-refractivity contribution in [3.05, 3.63) is 0 Å². The van der Waals surface area contributed by atoms with Gasteiger partial charge in [0.15, 0.2) is 0 Å². The quantitative estimate of drug-likeness (QED) is 0.209. The maximum atomic E-state index is 11.4. The van der Waals surface area contributed by atoms with Gasteiger partial charge in [0.1, 0.15) is 6.61 Å². The van der Waals surface area contributed by atoms with Crippen LogP contribution in [0, 0.1) is 11.8 Å². The molecule has 2 nitrogen and oxygen atoms in total. The van der Waals surface area contributed by atoms with Crippen LogP contribution in [0.15, 0.2) is 0 Å². The van der Waals surface area contributed by atoms with E-state index in [0.717, 1.165) is 24.6 Å². The first kappa shape index (κ1) is 19.5. The van der Waals surface area contributed by atoms with Crippen LogP contribution in [0.2, 0.25) is 0 Å². The molecule has 0 aliphatic carbocycles. The van der Waals surface area contributed by atoms with Crippen LogP contribution in [0.1, 0.15) is 77.6 Å². The predicted octanol–water partition coefficient (Wildman–Crippen LogP) is 5.24. The monoisotopic (exact) mass is 344 g/mol. The van der Waals surface area contributed by atoms with E-state index in [9.17, 15) is 4.79 Å². The summed E-state index contributed by atoms with van der Waals surface area (Å²) in [6.45, 7) is 2.64. The van der Waals surface area contributed by atoms with Gasteiger partial charge in [0, 0.05) is 24.6 Å². The summed E-state index contributed by atoms with van der Waals surface area (Å²) < 4.78 is 5.15. The lowest BCUT2D eigenvalue weighted by molar-refractivity contribution is -0.143. The Balaban J connectivity index is 3.27. The summed E-state index contributed by atoms with van der Waals surface area (Å²) in [5.74, 6) is 6.11. The minimum absolute atomic E-state index is 0.0710. The first-order chi connectivity index (χ1) is 9.81. The molecule has 20 heavy (non-hydrogen) atoms. The van der Waals surface area contributed by atoms with Crippen LogP contribution in [0.25, 0.3) is 0 Å². The van der Waals surface area contributed by atoms with Gasteiger partial charge in [-0.25, -0.2) is 0 Å². The number of ether oxygens (including phenoxy) is 1. The SMILES string of the molecule is CCCCCC#CCCOC(=O)CCCCCCCBr. The first-order valence-corrected chi connectivity index (χ1v) is 9.10. The maximum Gasteiger partial charge on any atom is 0.305 e. The molecule has 0 rings (SSSR count). The molecule has 0 saturated heterocycles. The number of halogens is 1. The van der Waals surface area contributed by atoms with Gasteiger partial charge in [0.25, 0.3) is 0 Å². The second-order valence-corrected chi connectivity index (χ2v) is 5.78. The van der Waals surface area contributed by atoms with Crippen molar-refractivity contribution in [2.24, 2.45) is 0 Å². The smallest absolute Gasteiger partial charge is 0.305 e.